The van der Waals surface area contributed by atoms with Gasteiger partial charge in [0.1, 0.15) is 18.0 Å². The van der Waals surface area contributed by atoms with E-state index in [-0.39, 0.29) is 17.1 Å². The highest BCUT2D eigenvalue weighted by Crippen LogP contribution is 2.22. The lowest BCUT2D eigenvalue weighted by Crippen LogP contribution is -2.19. The summed E-state index contributed by atoms with van der Waals surface area (Å²) in [6, 6.07) is 8.80. The Bertz CT molecular complexity index is 960. The summed E-state index contributed by atoms with van der Waals surface area (Å²) < 4.78 is 42.6. The van der Waals surface area contributed by atoms with Crippen LogP contribution in [0.25, 0.3) is 11.3 Å². The fourth-order valence-corrected chi connectivity index (χ4v) is 2.08. The van der Waals surface area contributed by atoms with E-state index >= 15 is 0 Å². The summed E-state index contributed by atoms with van der Waals surface area (Å²) in [5.74, 6) is -0.270. The molecule has 2 heterocycles. The number of phenolic OH excluding ortho intramolecular Hbond substituents is 1. The van der Waals surface area contributed by atoms with Crippen LogP contribution in [-0.4, -0.2) is 38.3 Å². The van der Waals surface area contributed by atoms with Crippen molar-refractivity contribution in [3.05, 3.63) is 54.0 Å². The van der Waals surface area contributed by atoms with E-state index in [4.69, 9.17) is 4.52 Å². The molecule has 0 aliphatic carbocycles. The van der Waals surface area contributed by atoms with E-state index < -0.39 is 18.6 Å². The van der Waals surface area contributed by atoms with Gasteiger partial charge < -0.3 is 9.63 Å². The van der Waals surface area contributed by atoms with Gasteiger partial charge in [0.05, 0.1) is 6.21 Å². The zero-order chi connectivity index (χ0) is 19.4. The Hall–Kier alpha value is -3.63. The molecule has 0 aliphatic heterocycles. The Morgan fingerprint density at radius 1 is 1.30 bits per heavy atom. The molecule has 0 fully saturated rings. The number of benzene rings is 1. The van der Waals surface area contributed by atoms with E-state index in [1.165, 1.54) is 24.3 Å². The number of aromatic nitrogens is 3. The molecule has 1 amide bonds. The van der Waals surface area contributed by atoms with Crippen molar-refractivity contribution >= 4 is 12.1 Å². The highest BCUT2D eigenvalue weighted by Gasteiger charge is 2.28. The lowest BCUT2D eigenvalue weighted by Gasteiger charge is -2.04. The van der Waals surface area contributed by atoms with Crippen LogP contribution in [-0.2, 0) is 6.54 Å². The molecule has 0 atom stereocenters. The topological polar surface area (TPSA) is 106 Å². The normalized spacial score (nSPS) is 11.8. The molecule has 0 saturated heterocycles. The Morgan fingerprint density at radius 3 is 2.74 bits per heavy atom. The van der Waals surface area contributed by atoms with Gasteiger partial charge in [-0.25, -0.2) is 5.43 Å². The molecular formula is C16H12F3N5O3. The molecule has 27 heavy (non-hydrogen) atoms. The van der Waals surface area contributed by atoms with Crippen molar-refractivity contribution in [3.63, 3.8) is 0 Å². The second-order valence-electron chi connectivity index (χ2n) is 5.38. The van der Waals surface area contributed by atoms with Gasteiger partial charge in [0.2, 0.25) is 0 Å². The molecule has 0 radical (unpaired) electrons. The predicted molar refractivity (Wildman–Crippen MR) is 86.9 cm³/mol. The maximum absolute atomic E-state index is 12.3. The van der Waals surface area contributed by atoms with Crippen LogP contribution in [0.1, 0.15) is 16.2 Å². The largest absolute Gasteiger partial charge is 0.508 e. The molecule has 3 rings (SSSR count). The van der Waals surface area contributed by atoms with Crippen LogP contribution in [0.2, 0.25) is 0 Å². The second-order valence-corrected chi connectivity index (χ2v) is 5.38. The maximum Gasteiger partial charge on any atom is 0.408 e. The minimum atomic E-state index is -4.38. The van der Waals surface area contributed by atoms with Gasteiger partial charge in [0, 0.05) is 17.8 Å². The van der Waals surface area contributed by atoms with Crippen molar-refractivity contribution in [1.82, 2.24) is 20.4 Å². The van der Waals surface area contributed by atoms with E-state index in [1.807, 2.05) is 0 Å². The average Bonchev–Trinajstić information content (AvgIpc) is 3.24. The number of nitrogens with zero attached hydrogens (tertiary/aromatic N) is 4. The quantitative estimate of drug-likeness (QED) is 0.524. The SMILES string of the molecule is O=C(NN=Cc1ccn(CC(F)(F)F)n1)c1cc(-c2ccc(O)cc2)on1. The van der Waals surface area contributed by atoms with Crippen LogP contribution in [0.15, 0.2) is 52.2 Å². The fraction of sp³-hybridized carbons (Fsp3) is 0.125. The molecule has 0 saturated carbocycles. The van der Waals surface area contributed by atoms with E-state index in [0.29, 0.717) is 16.0 Å². The molecule has 140 valence electrons. The van der Waals surface area contributed by atoms with Gasteiger partial charge in [-0.2, -0.15) is 23.4 Å². The molecule has 0 spiro atoms. The van der Waals surface area contributed by atoms with Gasteiger partial charge in [-0.15, -0.1) is 0 Å². The number of phenols is 1. The summed E-state index contributed by atoms with van der Waals surface area (Å²) in [5.41, 5.74) is 2.88. The first kappa shape index (κ1) is 18.2. The van der Waals surface area contributed by atoms with Crippen LogP contribution >= 0.6 is 0 Å². The number of hydrogen-bond donors (Lipinski definition) is 2. The summed E-state index contributed by atoms with van der Waals surface area (Å²) >= 11 is 0. The van der Waals surface area contributed by atoms with Gasteiger partial charge in [-0.3, -0.25) is 9.48 Å². The van der Waals surface area contributed by atoms with E-state index in [0.717, 1.165) is 12.4 Å². The minimum absolute atomic E-state index is 0.0437. The molecule has 0 bridgehead atoms. The minimum Gasteiger partial charge on any atom is -0.508 e. The number of halogens is 3. The van der Waals surface area contributed by atoms with Crippen molar-refractivity contribution in [2.24, 2.45) is 5.10 Å². The average molecular weight is 379 g/mol. The number of carbonyl (C=O) groups excluding carboxylic acids is 1. The molecule has 2 N–H and O–H groups in total. The lowest BCUT2D eigenvalue weighted by atomic mass is 10.1. The van der Waals surface area contributed by atoms with Crippen LogP contribution in [0.3, 0.4) is 0 Å². The van der Waals surface area contributed by atoms with Gasteiger partial charge in [-0.05, 0) is 30.3 Å². The monoisotopic (exact) mass is 379 g/mol. The first-order valence-electron chi connectivity index (χ1n) is 7.50. The fourth-order valence-electron chi connectivity index (χ4n) is 2.08. The molecule has 0 unspecified atom stereocenters. The highest BCUT2D eigenvalue weighted by atomic mass is 19.4. The molecule has 11 heteroatoms. The van der Waals surface area contributed by atoms with Gasteiger partial charge in [0.15, 0.2) is 11.5 Å². The standard InChI is InChI=1S/C16H12F3N5O3/c17-16(18,19)9-24-6-5-11(22-24)8-20-21-15(26)13-7-14(27-23-13)10-1-3-12(25)4-2-10/h1-8,25H,9H2,(H,21,26). The number of hydrogen-bond acceptors (Lipinski definition) is 6. The Balaban J connectivity index is 1.59. The first-order valence-corrected chi connectivity index (χ1v) is 7.50. The Morgan fingerprint density at radius 2 is 2.04 bits per heavy atom. The third-order valence-electron chi connectivity index (χ3n) is 3.26. The van der Waals surface area contributed by atoms with Crippen molar-refractivity contribution < 1.29 is 27.6 Å². The zero-order valence-electron chi connectivity index (χ0n) is 13.5. The predicted octanol–water partition coefficient (Wildman–Crippen LogP) is 2.57. The summed E-state index contributed by atoms with van der Waals surface area (Å²) in [7, 11) is 0. The summed E-state index contributed by atoms with van der Waals surface area (Å²) in [5, 5.41) is 20.2. The van der Waals surface area contributed by atoms with Crippen LogP contribution < -0.4 is 5.43 Å². The van der Waals surface area contributed by atoms with Gasteiger partial charge in [0.25, 0.3) is 5.91 Å². The number of nitrogens with one attached hydrogen (secondary N) is 1. The van der Waals surface area contributed by atoms with Crippen molar-refractivity contribution in [2.75, 3.05) is 0 Å². The number of amides is 1. The van der Waals surface area contributed by atoms with E-state index in [1.54, 1.807) is 12.1 Å². The number of rotatable bonds is 5. The van der Waals surface area contributed by atoms with Crippen LogP contribution in [0.4, 0.5) is 13.2 Å². The number of hydrazone groups is 1. The Kier molecular flexibility index (Phi) is 4.92. The van der Waals surface area contributed by atoms with E-state index in [9.17, 15) is 23.1 Å². The Labute approximate surface area is 149 Å². The summed E-state index contributed by atoms with van der Waals surface area (Å²) in [4.78, 5) is 12.0. The molecule has 0 aliphatic rings. The molecule has 2 aromatic heterocycles. The molecule has 3 aromatic rings. The number of carbonyl (C=O) groups is 1. The van der Waals surface area contributed by atoms with Crippen LogP contribution in [0, 0.1) is 0 Å². The maximum atomic E-state index is 12.3. The van der Waals surface area contributed by atoms with Crippen molar-refractivity contribution in [2.45, 2.75) is 12.7 Å². The van der Waals surface area contributed by atoms with Gasteiger partial charge >= 0.3 is 6.18 Å². The molecule has 1 aromatic carbocycles. The first-order chi connectivity index (χ1) is 12.8. The highest BCUT2D eigenvalue weighted by molar-refractivity contribution is 5.93. The number of alkyl halides is 3. The van der Waals surface area contributed by atoms with Gasteiger partial charge in [-0.1, -0.05) is 5.16 Å². The third kappa shape index (κ3) is 4.93. The number of aromatic hydroxyl groups is 1. The molecular weight excluding hydrogens is 367 g/mol. The smallest absolute Gasteiger partial charge is 0.408 e. The van der Waals surface area contributed by atoms with Crippen LogP contribution in [0.5, 0.6) is 5.75 Å². The lowest BCUT2D eigenvalue weighted by molar-refractivity contribution is -0.142. The van der Waals surface area contributed by atoms with E-state index in [2.05, 4.69) is 20.8 Å². The second kappa shape index (κ2) is 7.32. The zero-order valence-corrected chi connectivity index (χ0v) is 13.5. The summed E-state index contributed by atoms with van der Waals surface area (Å²) in [6.45, 7) is -1.22. The van der Waals surface area contributed by atoms with Crippen molar-refractivity contribution in [3.8, 4) is 17.1 Å². The third-order valence-corrected chi connectivity index (χ3v) is 3.26. The summed E-state index contributed by atoms with van der Waals surface area (Å²) in [6.07, 6.45) is -2.12. The van der Waals surface area contributed by atoms with Crippen molar-refractivity contribution in [1.29, 1.82) is 0 Å². The molecule has 8 nitrogen and oxygen atoms in total.